The van der Waals surface area contributed by atoms with Gasteiger partial charge >= 0.3 is 5.69 Å². The molecular weight excluding hydrogens is 268 g/mol. The van der Waals surface area contributed by atoms with Crippen molar-refractivity contribution >= 4 is 33.2 Å². The van der Waals surface area contributed by atoms with E-state index in [4.69, 9.17) is 11.6 Å². The van der Waals surface area contributed by atoms with Crippen LogP contribution >= 0.6 is 22.9 Å². The van der Waals surface area contributed by atoms with Crippen LogP contribution in [-0.2, 0) is 0 Å². The van der Waals surface area contributed by atoms with Gasteiger partial charge < -0.3 is 4.98 Å². The highest BCUT2D eigenvalue weighted by Crippen LogP contribution is 2.33. The van der Waals surface area contributed by atoms with Crippen LogP contribution in [0.2, 0.25) is 5.02 Å². The van der Waals surface area contributed by atoms with Crippen LogP contribution in [0.15, 0.2) is 35.1 Å². The van der Waals surface area contributed by atoms with E-state index < -0.39 is 0 Å². The Kier molecular flexibility index (Phi) is 2.69. The number of benzene rings is 1. The molecule has 2 aromatic heterocycles. The number of aromatic amines is 1. The number of H-pyrrole nitrogens is 1. The van der Waals surface area contributed by atoms with Gasteiger partial charge in [-0.1, -0.05) is 29.8 Å². The summed E-state index contributed by atoms with van der Waals surface area (Å²) in [4.78, 5) is 20.2. The summed E-state index contributed by atoms with van der Waals surface area (Å²) >= 11 is 7.69. The van der Waals surface area contributed by atoms with Gasteiger partial charge in [-0.15, -0.1) is 11.3 Å². The predicted octanol–water partition coefficient (Wildman–Crippen LogP) is 3.61. The molecule has 0 radical (unpaired) electrons. The molecule has 0 spiro atoms. The maximum absolute atomic E-state index is 11.6. The van der Waals surface area contributed by atoms with Gasteiger partial charge in [-0.05, 0) is 19.1 Å². The Bertz CT molecular complexity index is 791. The summed E-state index contributed by atoms with van der Waals surface area (Å²) in [7, 11) is 0. The first-order chi connectivity index (χ1) is 8.65. The Labute approximate surface area is 112 Å². The molecular formula is C13H9ClN2OS. The van der Waals surface area contributed by atoms with E-state index >= 15 is 0 Å². The molecule has 0 aliphatic heterocycles. The zero-order valence-corrected chi connectivity index (χ0v) is 11.1. The molecule has 3 nitrogen and oxygen atoms in total. The van der Waals surface area contributed by atoms with Gasteiger partial charge in [0.15, 0.2) is 0 Å². The summed E-state index contributed by atoms with van der Waals surface area (Å²) in [5, 5.41) is 1.55. The van der Waals surface area contributed by atoms with Crippen molar-refractivity contribution in [2.45, 2.75) is 6.92 Å². The van der Waals surface area contributed by atoms with Gasteiger partial charge in [-0.3, -0.25) is 0 Å². The van der Waals surface area contributed by atoms with E-state index in [1.165, 1.54) is 11.3 Å². The molecule has 1 N–H and O–H groups in total. The Morgan fingerprint density at radius 2 is 2.11 bits per heavy atom. The zero-order valence-electron chi connectivity index (χ0n) is 9.53. The summed E-state index contributed by atoms with van der Waals surface area (Å²) in [6.45, 7) is 1.99. The van der Waals surface area contributed by atoms with Crippen molar-refractivity contribution in [2.24, 2.45) is 0 Å². The second-order valence-electron chi connectivity index (χ2n) is 3.97. The van der Waals surface area contributed by atoms with E-state index in [1.54, 1.807) is 6.07 Å². The monoisotopic (exact) mass is 276 g/mol. The lowest BCUT2D eigenvalue weighted by atomic mass is 10.1. The maximum atomic E-state index is 11.6. The van der Waals surface area contributed by atoms with Gasteiger partial charge in [0.1, 0.15) is 4.83 Å². The molecule has 0 bridgehead atoms. The Balaban J connectivity index is 2.42. The van der Waals surface area contributed by atoms with Crippen LogP contribution in [0.25, 0.3) is 21.5 Å². The van der Waals surface area contributed by atoms with Crippen molar-refractivity contribution in [1.82, 2.24) is 9.97 Å². The van der Waals surface area contributed by atoms with Gasteiger partial charge in [0.2, 0.25) is 0 Å². The number of hydrogen-bond acceptors (Lipinski definition) is 3. The van der Waals surface area contributed by atoms with Crippen LogP contribution in [-0.4, -0.2) is 9.97 Å². The largest absolute Gasteiger partial charge is 0.346 e. The fourth-order valence-electron chi connectivity index (χ4n) is 1.93. The molecule has 90 valence electrons. The first-order valence-electron chi connectivity index (χ1n) is 5.40. The molecule has 3 aromatic rings. The second-order valence-corrected chi connectivity index (χ2v) is 5.61. The molecule has 0 atom stereocenters. The van der Waals surface area contributed by atoms with Crippen LogP contribution in [0.3, 0.4) is 0 Å². The van der Waals surface area contributed by atoms with E-state index in [1.807, 2.05) is 31.2 Å². The number of halogens is 1. The molecule has 0 unspecified atom stereocenters. The molecule has 1 aromatic carbocycles. The number of nitrogens with zero attached hydrogens (tertiary/aromatic N) is 1. The molecule has 18 heavy (non-hydrogen) atoms. The molecule has 0 aliphatic rings. The summed E-state index contributed by atoms with van der Waals surface area (Å²) in [5.74, 6) is 0. The number of thiophene rings is 1. The van der Waals surface area contributed by atoms with E-state index in [0.29, 0.717) is 5.02 Å². The number of fused-ring (bicyclic) bond motifs is 1. The minimum absolute atomic E-state index is 0.348. The van der Waals surface area contributed by atoms with Crippen LogP contribution in [0.4, 0.5) is 0 Å². The molecule has 0 saturated carbocycles. The lowest BCUT2D eigenvalue weighted by Crippen LogP contribution is -2.10. The summed E-state index contributed by atoms with van der Waals surface area (Å²) in [5.41, 5.74) is 1.21. The normalized spacial score (nSPS) is 11.0. The SMILES string of the molecule is Cc1cc2c(-c3ccccc3Cl)[nH]c(=O)nc2s1. The predicted molar refractivity (Wildman–Crippen MR) is 75.4 cm³/mol. The molecule has 2 heterocycles. The number of hydrogen-bond donors (Lipinski definition) is 1. The van der Waals surface area contributed by atoms with Gasteiger partial charge in [0.05, 0.1) is 5.69 Å². The Morgan fingerprint density at radius 1 is 1.33 bits per heavy atom. The van der Waals surface area contributed by atoms with Crippen molar-refractivity contribution in [3.05, 3.63) is 50.7 Å². The molecule has 0 fully saturated rings. The average molecular weight is 277 g/mol. The van der Waals surface area contributed by atoms with E-state index in [0.717, 1.165) is 26.4 Å². The fourth-order valence-corrected chi connectivity index (χ4v) is 3.05. The molecule has 0 saturated heterocycles. The highest BCUT2D eigenvalue weighted by atomic mass is 35.5. The van der Waals surface area contributed by atoms with Crippen molar-refractivity contribution in [1.29, 1.82) is 0 Å². The van der Waals surface area contributed by atoms with Gasteiger partial charge in [-0.2, -0.15) is 4.98 Å². The summed E-state index contributed by atoms with van der Waals surface area (Å²) in [6.07, 6.45) is 0. The quantitative estimate of drug-likeness (QED) is 0.738. The minimum Gasteiger partial charge on any atom is -0.305 e. The third kappa shape index (κ3) is 1.83. The third-order valence-corrected chi connectivity index (χ3v) is 3.96. The highest BCUT2D eigenvalue weighted by molar-refractivity contribution is 7.18. The lowest BCUT2D eigenvalue weighted by Gasteiger charge is -2.04. The van der Waals surface area contributed by atoms with Gasteiger partial charge in [0.25, 0.3) is 0 Å². The smallest absolute Gasteiger partial charge is 0.305 e. The third-order valence-electron chi connectivity index (χ3n) is 2.68. The standard InChI is InChI=1S/C13H9ClN2OS/c1-7-6-9-11(8-4-2-3-5-10(8)14)15-13(17)16-12(9)18-7/h2-6H,1H3,(H,15,16,17). The molecule has 0 aliphatic carbocycles. The highest BCUT2D eigenvalue weighted by Gasteiger charge is 2.11. The number of aromatic nitrogens is 2. The van der Waals surface area contributed by atoms with E-state index in [9.17, 15) is 4.79 Å². The van der Waals surface area contributed by atoms with Crippen molar-refractivity contribution in [3.63, 3.8) is 0 Å². The van der Waals surface area contributed by atoms with Crippen molar-refractivity contribution in [3.8, 4) is 11.3 Å². The first kappa shape index (κ1) is 11.4. The van der Waals surface area contributed by atoms with Gasteiger partial charge in [0, 0.05) is 20.8 Å². The van der Waals surface area contributed by atoms with Crippen molar-refractivity contribution in [2.75, 3.05) is 0 Å². The first-order valence-corrected chi connectivity index (χ1v) is 6.60. The molecule has 3 rings (SSSR count). The zero-order chi connectivity index (χ0) is 12.7. The van der Waals surface area contributed by atoms with Crippen LogP contribution in [0, 0.1) is 6.92 Å². The van der Waals surface area contributed by atoms with Gasteiger partial charge in [-0.25, -0.2) is 4.79 Å². The summed E-state index contributed by atoms with van der Waals surface area (Å²) in [6, 6.07) is 9.47. The fraction of sp³-hybridized carbons (Fsp3) is 0.0769. The number of aryl methyl sites for hydroxylation is 1. The average Bonchev–Trinajstić information content (AvgIpc) is 2.69. The van der Waals surface area contributed by atoms with Crippen LogP contribution in [0.5, 0.6) is 0 Å². The summed E-state index contributed by atoms with van der Waals surface area (Å²) < 4.78 is 0. The Hall–Kier alpha value is -1.65. The maximum Gasteiger partial charge on any atom is 0.346 e. The van der Waals surface area contributed by atoms with Crippen LogP contribution in [0.1, 0.15) is 4.88 Å². The number of rotatable bonds is 1. The number of nitrogens with one attached hydrogen (secondary N) is 1. The van der Waals surface area contributed by atoms with Crippen LogP contribution < -0.4 is 5.69 Å². The molecule has 5 heteroatoms. The van der Waals surface area contributed by atoms with E-state index in [2.05, 4.69) is 9.97 Å². The topological polar surface area (TPSA) is 45.8 Å². The molecule has 0 amide bonds. The Morgan fingerprint density at radius 3 is 2.89 bits per heavy atom. The second kappa shape index (κ2) is 4.23. The minimum atomic E-state index is -0.348. The van der Waals surface area contributed by atoms with Crippen molar-refractivity contribution < 1.29 is 0 Å². The lowest BCUT2D eigenvalue weighted by molar-refractivity contribution is 1.13. The van der Waals surface area contributed by atoms with E-state index in [-0.39, 0.29) is 5.69 Å².